The quantitative estimate of drug-likeness (QED) is 0.823. The lowest BCUT2D eigenvalue weighted by Crippen LogP contribution is -1.95. The van der Waals surface area contributed by atoms with E-state index < -0.39 is 0 Å². The average molecular weight is 233 g/mol. The molecule has 0 saturated carbocycles. The van der Waals surface area contributed by atoms with Gasteiger partial charge in [0.1, 0.15) is 0 Å². The molecule has 2 aromatic rings. The van der Waals surface area contributed by atoms with Gasteiger partial charge in [-0.3, -0.25) is 4.68 Å². The fraction of sp³-hybridized carbons (Fsp3) is 0.250. The lowest BCUT2D eigenvalue weighted by atomic mass is 10.2. The van der Waals surface area contributed by atoms with E-state index in [9.17, 15) is 0 Å². The standard InChI is InChI=1S/C12H15N3S/c1-15-7-6-11(14-15)9-16-12-4-2-10(8-13)3-5-12/h2-7H,8-9,13H2,1H3. The molecule has 1 heterocycles. The van der Waals surface area contributed by atoms with Crippen LogP contribution in [0.5, 0.6) is 0 Å². The third-order valence-corrected chi connectivity index (χ3v) is 3.36. The van der Waals surface area contributed by atoms with Crippen molar-refractivity contribution in [3.8, 4) is 0 Å². The molecule has 1 aromatic heterocycles. The fourth-order valence-corrected chi connectivity index (χ4v) is 2.22. The van der Waals surface area contributed by atoms with Gasteiger partial charge in [0, 0.05) is 30.4 Å². The summed E-state index contributed by atoms with van der Waals surface area (Å²) in [6.07, 6.45) is 1.97. The first-order chi connectivity index (χ1) is 7.78. The van der Waals surface area contributed by atoms with Gasteiger partial charge in [-0.05, 0) is 23.8 Å². The number of nitrogens with zero attached hydrogens (tertiary/aromatic N) is 2. The van der Waals surface area contributed by atoms with Crippen molar-refractivity contribution in [2.45, 2.75) is 17.2 Å². The first kappa shape index (κ1) is 11.2. The molecule has 0 fully saturated rings. The zero-order chi connectivity index (χ0) is 11.4. The van der Waals surface area contributed by atoms with Crippen LogP contribution < -0.4 is 5.73 Å². The van der Waals surface area contributed by atoms with Crippen molar-refractivity contribution >= 4 is 11.8 Å². The monoisotopic (exact) mass is 233 g/mol. The maximum absolute atomic E-state index is 5.55. The highest BCUT2D eigenvalue weighted by atomic mass is 32.2. The molecule has 3 nitrogen and oxygen atoms in total. The van der Waals surface area contributed by atoms with Crippen LogP contribution in [0.15, 0.2) is 41.4 Å². The van der Waals surface area contributed by atoms with Crippen LogP contribution >= 0.6 is 11.8 Å². The molecule has 0 atom stereocenters. The van der Waals surface area contributed by atoms with Crippen molar-refractivity contribution < 1.29 is 0 Å². The Kier molecular flexibility index (Phi) is 3.64. The first-order valence-electron chi connectivity index (χ1n) is 5.18. The number of hydrogen-bond acceptors (Lipinski definition) is 3. The topological polar surface area (TPSA) is 43.8 Å². The molecule has 0 spiro atoms. The first-order valence-corrected chi connectivity index (χ1v) is 6.17. The summed E-state index contributed by atoms with van der Waals surface area (Å²) >= 11 is 1.79. The Morgan fingerprint density at radius 2 is 2.00 bits per heavy atom. The van der Waals surface area contributed by atoms with Crippen LogP contribution in [0.25, 0.3) is 0 Å². The maximum Gasteiger partial charge on any atom is 0.0727 e. The molecule has 84 valence electrons. The van der Waals surface area contributed by atoms with E-state index >= 15 is 0 Å². The van der Waals surface area contributed by atoms with Gasteiger partial charge in [-0.25, -0.2) is 0 Å². The average Bonchev–Trinajstić information content (AvgIpc) is 2.73. The van der Waals surface area contributed by atoms with Crippen LogP contribution in [0.3, 0.4) is 0 Å². The van der Waals surface area contributed by atoms with Crippen LogP contribution in [-0.4, -0.2) is 9.78 Å². The van der Waals surface area contributed by atoms with E-state index in [1.807, 2.05) is 24.0 Å². The summed E-state index contributed by atoms with van der Waals surface area (Å²) < 4.78 is 1.83. The molecule has 0 aliphatic rings. The van der Waals surface area contributed by atoms with Crippen LogP contribution in [-0.2, 0) is 19.3 Å². The number of benzene rings is 1. The summed E-state index contributed by atoms with van der Waals surface area (Å²) in [6.45, 7) is 0.602. The van der Waals surface area contributed by atoms with Crippen molar-refractivity contribution in [2.75, 3.05) is 0 Å². The largest absolute Gasteiger partial charge is 0.326 e. The van der Waals surface area contributed by atoms with Crippen LogP contribution in [0.2, 0.25) is 0 Å². The maximum atomic E-state index is 5.55. The van der Waals surface area contributed by atoms with E-state index in [0.29, 0.717) is 6.54 Å². The van der Waals surface area contributed by atoms with Gasteiger partial charge >= 0.3 is 0 Å². The van der Waals surface area contributed by atoms with E-state index in [4.69, 9.17) is 5.73 Å². The molecule has 0 aliphatic carbocycles. The Labute approximate surface area is 99.7 Å². The van der Waals surface area contributed by atoms with E-state index in [1.165, 1.54) is 10.5 Å². The lowest BCUT2D eigenvalue weighted by molar-refractivity contribution is 0.755. The van der Waals surface area contributed by atoms with Gasteiger partial charge in [-0.15, -0.1) is 11.8 Å². The second-order valence-corrected chi connectivity index (χ2v) is 4.67. The molecular weight excluding hydrogens is 218 g/mol. The molecule has 0 bridgehead atoms. The van der Waals surface area contributed by atoms with E-state index in [-0.39, 0.29) is 0 Å². The molecule has 2 N–H and O–H groups in total. The zero-order valence-corrected chi connectivity index (χ0v) is 10.1. The Morgan fingerprint density at radius 1 is 1.25 bits per heavy atom. The molecule has 1 aromatic carbocycles. The van der Waals surface area contributed by atoms with Crippen LogP contribution in [0.4, 0.5) is 0 Å². The third-order valence-electron chi connectivity index (χ3n) is 2.31. The number of aryl methyl sites for hydroxylation is 1. The molecule has 4 heteroatoms. The number of thioether (sulfide) groups is 1. The molecule has 2 rings (SSSR count). The molecule has 16 heavy (non-hydrogen) atoms. The molecule has 0 aliphatic heterocycles. The van der Waals surface area contributed by atoms with Gasteiger partial charge in [-0.2, -0.15) is 5.10 Å². The summed E-state index contributed by atoms with van der Waals surface area (Å²) in [6, 6.07) is 10.4. The predicted octanol–water partition coefficient (Wildman–Crippen LogP) is 2.17. The molecule has 0 amide bonds. The van der Waals surface area contributed by atoms with Gasteiger partial charge in [0.25, 0.3) is 0 Å². The third kappa shape index (κ3) is 2.87. The van der Waals surface area contributed by atoms with Gasteiger partial charge in [-0.1, -0.05) is 12.1 Å². The smallest absolute Gasteiger partial charge is 0.0727 e. The van der Waals surface area contributed by atoms with Gasteiger partial charge in [0.2, 0.25) is 0 Å². The zero-order valence-electron chi connectivity index (χ0n) is 9.26. The second-order valence-electron chi connectivity index (χ2n) is 3.62. The van der Waals surface area contributed by atoms with Gasteiger partial charge in [0.05, 0.1) is 5.69 Å². The number of hydrogen-bond donors (Lipinski definition) is 1. The Balaban J connectivity index is 1.94. The summed E-state index contributed by atoms with van der Waals surface area (Å²) in [5.41, 5.74) is 7.82. The fourth-order valence-electron chi connectivity index (χ4n) is 1.42. The minimum Gasteiger partial charge on any atom is -0.326 e. The van der Waals surface area contributed by atoms with E-state index in [1.54, 1.807) is 11.8 Å². The van der Waals surface area contributed by atoms with Crippen molar-refractivity contribution in [2.24, 2.45) is 12.8 Å². The van der Waals surface area contributed by atoms with Gasteiger partial charge in [0.15, 0.2) is 0 Å². The second kappa shape index (κ2) is 5.18. The Hall–Kier alpha value is -1.26. The lowest BCUT2D eigenvalue weighted by Gasteiger charge is -2.01. The number of rotatable bonds is 4. The summed E-state index contributed by atoms with van der Waals surface area (Å²) in [7, 11) is 1.93. The van der Waals surface area contributed by atoms with Crippen molar-refractivity contribution in [1.82, 2.24) is 9.78 Å². The summed E-state index contributed by atoms with van der Waals surface area (Å²) in [4.78, 5) is 1.25. The number of aromatic nitrogens is 2. The number of nitrogens with two attached hydrogens (primary N) is 1. The molecule has 0 radical (unpaired) electrons. The van der Waals surface area contributed by atoms with E-state index in [0.717, 1.165) is 11.4 Å². The van der Waals surface area contributed by atoms with Crippen LogP contribution in [0.1, 0.15) is 11.3 Å². The van der Waals surface area contributed by atoms with Gasteiger partial charge < -0.3 is 5.73 Å². The highest BCUT2D eigenvalue weighted by molar-refractivity contribution is 7.98. The highest BCUT2D eigenvalue weighted by Crippen LogP contribution is 2.22. The molecule has 0 unspecified atom stereocenters. The van der Waals surface area contributed by atoms with Crippen molar-refractivity contribution in [3.63, 3.8) is 0 Å². The SMILES string of the molecule is Cn1ccc(CSc2ccc(CN)cc2)n1. The Bertz CT molecular complexity index is 448. The van der Waals surface area contributed by atoms with Crippen molar-refractivity contribution in [3.05, 3.63) is 47.8 Å². The molecule has 0 saturated heterocycles. The normalized spacial score (nSPS) is 10.6. The molecular formula is C12H15N3S. The summed E-state index contributed by atoms with van der Waals surface area (Å²) in [5.74, 6) is 0.906. The van der Waals surface area contributed by atoms with E-state index in [2.05, 4.69) is 29.4 Å². The minimum absolute atomic E-state index is 0.602. The predicted molar refractivity (Wildman–Crippen MR) is 67.1 cm³/mol. The minimum atomic E-state index is 0.602. The highest BCUT2D eigenvalue weighted by Gasteiger charge is 1.99. The Morgan fingerprint density at radius 3 is 2.56 bits per heavy atom. The van der Waals surface area contributed by atoms with Crippen LogP contribution in [0, 0.1) is 0 Å². The summed E-state index contributed by atoms with van der Waals surface area (Å²) in [5, 5.41) is 4.34. The van der Waals surface area contributed by atoms with Crippen molar-refractivity contribution in [1.29, 1.82) is 0 Å².